The number of hydrogen-bond donors (Lipinski definition) is 8. The number of aliphatic carboxylic acids is 1. The summed E-state index contributed by atoms with van der Waals surface area (Å²) < 4.78 is 0. The molecule has 14 heteroatoms. The number of carboxylic acids is 2. The number of carbonyl (C=O) groups excluding carboxylic acids is 3. The van der Waals surface area contributed by atoms with Gasteiger partial charge in [0.15, 0.2) is 0 Å². The number of carbonyl (C=O) groups is 5. The average Bonchev–Trinajstić information content (AvgIpc) is 3.53. The Labute approximate surface area is 273 Å². The Kier molecular flexibility index (Phi) is 15.6. The molecule has 0 bridgehead atoms. The van der Waals surface area contributed by atoms with Gasteiger partial charge in [-0.05, 0) is 60.4 Å². The van der Waals surface area contributed by atoms with E-state index in [9.17, 15) is 29.1 Å². The second-order valence-corrected chi connectivity index (χ2v) is 12.9. The zero-order chi connectivity index (χ0) is 34.4. The van der Waals surface area contributed by atoms with E-state index < -0.39 is 59.9 Å². The highest BCUT2D eigenvalue weighted by molar-refractivity contribution is 7.09. The normalized spacial score (nSPS) is 15.1. The minimum absolute atomic E-state index is 0.0658. The zero-order valence-corrected chi connectivity index (χ0v) is 27.5. The van der Waals surface area contributed by atoms with Gasteiger partial charge in [0.25, 0.3) is 0 Å². The van der Waals surface area contributed by atoms with Gasteiger partial charge < -0.3 is 42.3 Å². The highest BCUT2D eigenvalue weighted by Crippen LogP contribution is 2.16. The number of rotatable bonds is 20. The number of nitrogens with two attached hydrogens (primary N) is 1. The van der Waals surface area contributed by atoms with Gasteiger partial charge in [-0.25, -0.2) is 4.79 Å². The lowest BCUT2D eigenvalue weighted by Crippen LogP contribution is -2.59. The molecule has 1 heterocycles. The molecule has 9 N–H and O–H groups in total. The van der Waals surface area contributed by atoms with Crippen LogP contribution in [0.15, 0.2) is 41.8 Å². The molecule has 3 amide bonds. The van der Waals surface area contributed by atoms with Gasteiger partial charge in [-0.15, -0.1) is 11.3 Å². The minimum Gasteiger partial charge on any atom is -0.481 e. The van der Waals surface area contributed by atoms with Crippen molar-refractivity contribution in [2.45, 2.75) is 90.1 Å². The lowest BCUT2D eigenvalue weighted by Gasteiger charge is -2.30. The first-order valence-electron chi connectivity index (χ1n) is 15.4. The quantitative estimate of drug-likeness (QED) is 0.103. The third kappa shape index (κ3) is 12.8. The maximum Gasteiger partial charge on any atom is 0.335 e. The van der Waals surface area contributed by atoms with Gasteiger partial charge in [0, 0.05) is 30.0 Å². The van der Waals surface area contributed by atoms with E-state index in [1.807, 2.05) is 38.3 Å². The van der Waals surface area contributed by atoms with Gasteiger partial charge in [0.1, 0.15) is 12.1 Å². The number of aromatic carboxylic acids is 1. The summed E-state index contributed by atoms with van der Waals surface area (Å²) >= 11 is 1.42. The van der Waals surface area contributed by atoms with E-state index in [4.69, 9.17) is 15.9 Å². The summed E-state index contributed by atoms with van der Waals surface area (Å²) in [5, 5.41) is 42.4. The second kappa shape index (κ2) is 18.8. The molecule has 1 aromatic heterocycles. The number of aliphatic hydroxyl groups is 1. The number of aliphatic hydroxyl groups excluding tert-OH is 1. The molecule has 0 aliphatic heterocycles. The second-order valence-electron chi connectivity index (χ2n) is 11.8. The monoisotopic (exact) mass is 661 g/mol. The van der Waals surface area contributed by atoms with Crippen LogP contribution >= 0.6 is 11.3 Å². The largest absolute Gasteiger partial charge is 0.481 e. The third-order valence-electron chi connectivity index (χ3n) is 7.58. The van der Waals surface area contributed by atoms with Crippen molar-refractivity contribution in [2.24, 2.45) is 17.6 Å². The van der Waals surface area contributed by atoms with Crippen molar-refractivity contribution >= 4 is 46.7 Å². The minimum atomic E-state index is -1.12. The number of benzene rings is 1. The van der Waals surface area contributed by atoms with Crippen molar-refractivity contribution in [3.63, 3.8) is 0 Å². The Morgan fingerprint density at radius 1 is 0.913 bits per heavy atom. The van der Waals surface area contributed by atoms with Crippen molar-refractivity contribution in [3.05, 3.63) is 52.2 Å². The highest BCUT2D eigenvalue weighted by atomic mass is 32.1. The summed E-state index contributed by atoms with van der Waals surface area (Å²) in [7, 11) is 0. The predicted octanol–water partition coefficient (Wildman–Crippen LogP) is 2.20. The first-order chi connectivity index (χ1) is 21.7. The van der Waals surface area contributed by atoms with Crippen LogP contribution in [0.5, 0.6) is 0 Å². The van der Waals surface area contributed by atoms with E-state index in [1.54, 1.807) is 19.1 Å². The molecule has 13 nitrogen and oxygen atoms in total. The summed E-state index contributed by atoms with van der Waals surface area (Å²) in [6, 6.07) is 5.87. The number of thiophene rings is 1. The van der Waals surface area contributed by atoms with Gasteiger partial charge in [-0.3, -0.25) is 19.2 Å². The van der Waals surface area contributed by atoms with Gasteiger partial charge in [-0.1, -0.05) is 40.2 Å². The van der Waals surface area contributed by atoms with Crippen molar-refractivity contribution in [2.75, 3.05) is 11.9 Å². The zero-order valence-electron chi connectivity index (χ0n) is 26.7. The average molecular weight is 662 g/mol. The third-order valence-corrected chi connectivity index (χ3v) is 8.48. The lowest BCUT2D eigenvalue weighted by molar-refractivity contribution is -0.137. The summed E-state index contributed by atoms with van der Waals surface area (Å²) in [6.45, 7) is 7.60. The summed E-state index contributed by atoms with van der Waals surface area (Å²) in [4.78, 5) is 63.0. The number of carboxylic acid groups (broad SMARTS) is 2. The van der Waals surface area contributed by atoms with Gasteiger partial charge in [0.2, 0.25) is 17.7 Å². The van der Waals surface area contributed by atoms with Crippen LogP contribution in [0.1, 0.15) is 68.6 Å². The summed E-state index contributed by atoms with van der Waals surface area (Å²) in [5.74, 6) is -4.11. The molecule has 0 fully saturated rings. The van der Waals surface area contributed by atoms with E-state index in [-0.39, 0.29) is 43.2 Å². The number of nitrogens with one attached hydrogen (secondary N) is 4. The Morgan fingerprint density at radius 2 is 1.59 bits per heavy atom. The predicted molar refractivity (Wildman–Crippen MR) is 175 cm³/mol. The Morgan fingerprint density at radius 3 is 2.13 bits per heavy atom. The number of anilines is 1. The first kappa shape index (κ1) is 38.2. The topological polar surface area (TPSA) is 220 Å². The van der Waals surface area contributed by atoms with Crippen LogP contribution in [0.2, 0.25) is 0 Å². The molecular weight excluding hydrogens is 614 g/mol. The maximum atomic E-state index is 13.7. The van der Waals surface area contributed by atoms with Crippen molar-refractivity contribution in [1.82, 2.24) is 16.0 Å². The fourth-order valence-electron chi connectivity index (χ4n) is 4.67. The molecule has 1 aromatic carbocycles. The smallest absolute Gasteiger partial charge is 0.335 e. The highest BCUT2D eigenvalue weighted by Gasteiger charge is 2.33. The van der Waals surface area contributed by atoms with Crippen molar-refractivity contribution in [1.29, 1.82) is 0 Å². The molecule has 6 atom stereocenters. The van der Waals surface area contributed by atoms with Crippen molar-refractivity contribution in [3.8, 4) is 0 Å². The fourth-order valence-corrected chi connectivity index (χ4v) is 5.42. The molecule has 0 aliphatic rings. The lowest BCUT2D eigenvalue weighted by atomic mass is 9.96. The molecule has 0 spiro atoms. The molecule has 0 radical (unpaired) electrons. The SMILES string of the molecule is CC[C@H](C)[C@H](NC(=O)[C@@H](N)CCC(=O)O)C(=O)N[C@@H](Cc1cccs1)C(=O)N[C@@H](CC(C)C)[C@H](O)CNc1ccc(C(=O)O)cc1. The summed E-state index contributed by atoms with van der Waals surface area (Å²) in [5.41, 5.74) is 6.61. The molecule has 46 heavy (non-hydrogen) atoms. The molecule has 0 saturated heterocycles. The van der Waals surface area contributed by atoms with Crippen LogP contribution in [0.25, 0.3) is 0 Å². The summed E-state index contributed by atoms with van der Waals surface area (Å²) in [6.07, 6.45) is -0.281. The van der Waals surface area contributed by atoms with Gasteiger partial charge >= 0.3 is 11.9 Å². The molecular formula is C32H47N5O8S. The molecule has 2 aromatic rings. The van der Waals surface area contributed by atoms with Crippen LogP contribution in [0, 0.1) is 11.8 Å². The number of amides is 3. The number of hydrogen-bond acceptors (Lipinski definition) is 9. The van der Waals surface area contributed by atoms with E-state index in [2.05, 4.69) is 21.3 Å². The van der Waals surface area contributed by atoms with Crippen LogP contribution in [-0.4, -0.2) is 81.8 Å². The standard InChI is InChI=1S/C32H47N5O8S/c1-5-19(4)28(37-29(41)23(33)12-13-27(39)40)31(43)36-25(16-22-7-6-14-46-22)30(42)35-24(15-18(2)3)26(38)17-34-21-10-8-20(9-11-21)32(44)45/h6-11,14,18-19,23-26,28,34,38H,5,12-13,15-17,33H2,1-4H3,(H,35,42)(H,36,43)(H,37,41)(H,39,40)(H,44,45)/t19-,23-,24-,25-,26+,28-/m0/s1. The first-order valence-corrected chi connectivity index (χ1v) is 16.3. The van der Waals surface area contributed by atoms with E-state index in [0.717, 1.165) is 4.88 Å². The maximum absolute atomic E-state index is 13.7. The molecule has 0 unspecified atom stereocenters. The molecule has 0 aliphatic carbocycles. The van der Waals surface area contributed by atoms with E-state index >= 15 is 0 Å². The van der Waals surface area contributed by atoms with Crippen LogP contribution < -0.4 is 27.0 Å². The van der Waals surface area contributed by atoms with Gasteiger partial charge in [0.05, 0.1) is 23.8 Å². The molecule has 254 valence electrons. The Balaban J connectivity index is 2.20. The van der Waals surface area contributed by atoms with E-state index in [1.165, 1.54) is 23.5 Å². The van der Waals surface area contributed by atoms with Gasteiger partial charge in [-0.2, -0.15) is 0 Å². The van der Waals surface area contributed by atoms with Crippen molar-refractivity contribution < 1.29 is 39.3 Å². The fraction of sp³-hybridized carbons (Fsp3) is 0.531. The van der Waals surface area contributed by atoms with Crippen LogP contribution in [0.4, 0.5) is 5.69 Å². The molecule has 2 rings (SSSR count). The van der Waals surface area contributed by atoms with Crippen LogP contribution in [0.3, 0.4) is 0 Å². The Bertz CT molecular complexity index is 1290. The van der Waals surface area contributed by atoms with Crippen LogP contribution in [-0.2, 0) is 25.6 Å². The Hall–Kier alpha value is -4.01. The molecule has 0 saturated carbocycles. The van der Waals surface area contributed by atoms with E-state index in [0.29, 0.717) is 18.5 Å².